The first-order chi connectivity index (χ1) is 13.1. The molecule has 2 heterocycles. The molecule has 0 atom stereocenters. The lowest BCUT2D eigenvalue weighted by atomic mass is 10.1. The lowest BCUT2D eigenvalue weighted by Crippen LogP contribution is -2.35. The van der Waals surface area contributed by atoms with Gasteiger partial charge in [-0.25, -0.2) is 0 Å². The van der Waals surface area contributed by atoms with Crippen molar-refractivity contribution in [1.29, 1.82) is 0 Å². The predicted molar refractivity (Wildman–Crippen MR) is 109 cm³/mol. The summed E-state index contributed by atoms with van der Waals surface area (Å²) in [5.74, 6) is 0.799. The summed E-state index contributed by atoms with van der Waals surface area (Å²) in [7, 11) is 1.68. The van der Waals surface area contributed by atoms with Crippen molar-refractivity contribution in [2.45, 2.75) is 26.3 Å². The van der Waals surface area contributed by atoms with E-state index in [2.05, 4.69) is 23.2 Å². The first-order valence-corrected chi connectivity index (χ1v) is 9.84. The fraction of sp³-hybridized carbons (Fsp3) is 0.500. The van der Waals surface area contributed by atoms with Crippen LogP contribution in [0.5, 0.6) is 5.75 Å². The Kier molecular flexibility index (Phi) is 6.82. The molecule has 6 nitrogen and oxygen atoms in total. The van der Waals surface area contributed by atoms with Crippen molar-refractivity contribution in [2.24, 2.45) is 0 Å². The maximum atomic E-state index is 12.6. The van der Waals surface area contributed by atoms with Gasteiger partial charge in [-0.15, -0.1) is 0 Å². The minimum Gasteiger partial charge on any atom is -0.496 e. The maximum Gasteiger partial charge on any atom is 0.276 e. The minimum absolute atomic E-state index is 0.0565. The molecule has 2 fully saturated rings. The number of benzene rings is 1. The molecule has 1 N–H and O–H groups in total. The first-order valence-electron chi connectivity index (χ1n) is 9.44. The Hall–Kier alpha value is -1.96. The van der Waals surface area contributed by atoms with Crippen LogP contribution in [0.1, 0.15) is 30.9 Å². The highest BCUT2D eigenvalue weighted by Gasteiger charge is 2.29. The second kappa shape index (κ2) is 9.30. The van der Waals surface area contributed by atoms with Gasteiger partial charge in [-0.1, -0.05) is 19.4 Å². The topological polar surface area (TPSA) is 54.0 Å². The molecule has 0 aliphatic carbocycles. The Morgan fingerprint density at radius 2 is 2.11 bits per heavy atom. The van der Waals surface area contributed by atoms with E-state index < -0.39 is 0 Å². The van der Waals surface area contributed by atoms with Gasteiger partial charge in [-0.3, -0.25) is 14.6 Å². The van der Waals surface area contributed by atoms with Crippen molar-refractivity contribution >= 4 is 29.3 Å². The van der Waals surface area contributed by atoms with Gasteiger partial charge in [-0.05, 0) is 42.4 Å². The molecule has 1 aromatic carbocycles. The second-order valence-electron chi connectivity index (χ2n) is 6.76. The molecule has 0 radical (unpaired) electrons. The third-order valence-electron chi connectivity index (χ3n) is 4.81. The number of hydrogen-bond acceptors (Lipinski definition) is 5. The number of ether oxygens (including phenoxy) is 2. The molecule has 3 rings (SSSR count). The second-order valence-corrected chi connectivity index (χ2v) is 7.15. The fourth-order valence-corrected chi connectivity index (χ4v) is 3.55. The first kappa shape index (κ1) is 19.8. The van der Waals surface area contributed by atoms with E-state index in [9.17, 15) is 4.79 Å². The fourth-order valence-electron chi connectivity index (χ4n) is 3.27. The highest BCUT2D eigenvalue weighted by Crippen LogP contribution is 2.24. The molecule has 1 aromatic rings. The number of thiocarbonyl (C=S) groups is 1. The van der Waals surface area contributed by atoms with Gasteiger partial charge in [0.15, 0.2) is 5.11 Å². The molecule has 0 bridgehead atoms. The molecule has 0 aromatic heterocycles. The van der Waals surface area contributed by atoms with Crippen LogP contribution in [-0.4, -0.2) is 60.8 Å². The van der Waals surface area contributed by atoms with E-state index in [0.29, 0.717) is 17.4 Å². The summed E-state index contributed by atoms with van der Waals surface area (Å²) in [6.07, 6.45) is 3.82. The Morgan fingerprint density at radius 1 is 1.33 bits per heavy atom. The van der Waals surface area contributed by atoms with E-state index in [-0.39, 0.29) is 5.91 Å². The minimum atomic E-state index is -0.0565. The van der Waals surface area contributed by atoms with Crippen LogP contribution in [-0.2, 0) is 16.1 Å². The number of carbonyl (C=O) groups is 1. The van der Waals surface area contributed by atoms with Crippen molar-refractivity contribution < 1.29 is 14.3 Å². The lowest BCUT2D eigenvalue weighted by Gasteiger charge is -2.27. The highest BCUT2D eigenvalue weighted by molar-refractivity contribution is 7.80. The Balaban J connectivity index is 1.78. The van der Waals surface area contributed by atoms with Crippen molar-refractivity contribution in [2.75, 3.05) is 40.0 Å². The van der Waals surface area contributed by atoms with E-state index in [1.54, 1.807) is 12.0 Å². The number of morpholine rings is 1. The van der Waals surface area contributed by atoms with Crippen LogP contribution in [0.3, 0.4) is 0 Å². The van der Waals surface area contributed by atoms with Gasteiger partial charge < -0.3 is 14.8 Å². The predicted octanol–water partition coefficient (Wildman–Crippen LogP) is 2.39. The third kappa shape index (κ3) is 4.86. The number of rotatable bonds is 7. The van der Waals surface area contributed by atoms with Crippen molar-refractivity contribution in [3.63, 3.8) is 0 Å². The monoisotopic (exact) mass is 389 g/mol. The van der Waals surface area contributed by atoms with E-state index in [0.717, 1.165) is 62.6 Å². The van der Waals surface area contributed by atoms with Crippen molar-refractivity contribution in [1.82, 2.24) is 15.1 Å². The van der Waals surface area contributed by atoms with E-state index in [1.807, 2.05) is 18.2 Å². The normalized spacial score (nSPS) is 19.6. The number of amides is 1. The average Bonchev–Trinajstić information content (AvgIpc) is 2.94. The molecule has 7 heteroatoms. The maximum absolute atomic E-state index is 12.6. The Bertz CT molecular complexity index is 729. The van der Waals surface area contributed by atoms with Crippen LogP contribution in [0.4, 0.5) is 0 Å². The summed E-state index contributed by atoms with van der Waals surface area (Å²) in [5, 5.41) is 3.54. The van der Waals surface area contributed by atoms with Crippen LogP contribution in [0, 0.1) is 0 Å². The molecule has 0 saturated carbocycles. The largest absolute Gasteiger partial charge is 0.496 e. The quantitative estimate of drug-likeness (QED) is 0.571. The summed E-state index contributed by atoms with van der Waals surface area (Å²) in [6, 6.07) is 5.99. The number of nitrogens with one attached hydrogen (secondary N) is 1. The van der Waals surface area contributed by atoms with Gasteiger partial charge in [0.2, 0.25) is 0 Å². The number of methoxy groups -OCH3 is 1. The molecule has 2 aliphatic heterocycles. The van der Waals surface area contributed by atoms with Crippen LogP contribution >= 0.6 is 12.2 Å². The molecule has 1 amide bonds. The van der Waals surface area contributed by atoms with Gasteiger partial charge in [0.25, 0.3) is 5.91 Å². The zero-order valence-electron chi connectivity index (χ0n) is 16.0. The average molecular weight is 390 g/mol. The van der Waals surface area contributed by atoms with E-state index in [1.165, 1.54) is 0 Å². The summed E-state index contributed by atoms with van der Waals surface area (Å²) in [4.78, 5) is 16.6. The summed E-state index contributed by atoms with van der Waals surface area (Å²) < 4.78 is 10.9. The highest BCUT2D eigenvalue weighted by atomic mass is 32.1. The number of hydrogen-bond donors (Lipinski definition) is 1. The molecule has 2 aliphatic rings. The van der Waals surface area contributed by atoms with Gasteiger partial charge in [0.1, 0.15) is 11.4 Å². The molecule has 0 unspecified atom stereocenters. The Morgan fingerprint density at radius 3 is 2.81 bits per heavy atom. The van der Waals surface area contributed by atoms with Crippen LogP contribution in [0.15, 0.2) is 23.9 Å². The third-order valence-corrected chi connectivity index (χ3v) is 5.13. The smallest absolute Gasteiger partial charge is 0.276 e. The van der Waals surface area contributed by atoms with E-state index in [4.69, 9.17) is 21.7 Å². The number of carbonyl (C=O) groups excluding carboxylic acids is 1. The van der Waals surface area contributed by atoms with Gasteiger partial charge in [0, 0.05) is 31.7 Å². The van der Waals surface area contributed by atoms with Gasteiger partial charge in [0.05, 0.1) is 20.3 Å². The summed E-state index contributed by atoms with van der Waals surface area (Å²) in [5.41, 5.74) is 2.58. The van der Waals surface area contributed by atoms with Gasteiger partial charge in [-0.2, -0.15) is 0 Å². The molecular weight excluding hydrogens is 362 g/mol. The van der Waals surface area contributed by atoms with Crippen LogP contribution < -0.4 is 10.1 Å². The lowest BCUT2D eigenvalue weighted by molar-refractivity contribution is -0.122. The van der Waals surface area contributed by atoms with Crippen LogP contribution in [0.25, 0.3) is 6.08 Å². The number of unbranched alkanes of at least 4 members (excludes halogenated alkanes) is 1. The Labute approximate surface area is 166 Å². The van der Waals surface area contributed by atoms with Crippen LogP contribution in [0.2, 0.25) is 0 Å². The van der Waals surface area contributed by atoms with Crippen molar-refractivity contribution in [3.05, 3.63) is 35.0 Å². The molecular formula is C20H27N3O3S. The zero-order valence-corrected chi connectivity index (χ0v) is 16.8. The molecule has 27 heavy (non-hydrogen) atoms. The standard InChI is InChI=1S/C20H27N3O3S/c1-3-4-7-23-19(24)17(21-20(23)27)13-15-5-6-18(25-2)16(12-15)14-22-8-10-26-11-9-22/h5-6,12-13H,3-4,7-11,14H2,1-2H3,(H,21,27)/b17-13+. The van der Waals surface area contributed by atoms with Gasteiger partial charge >= 0.3 is 0 Å². The number of nitrogens with zero attached hydrogens (tertiary/aromatic N) is 2. The molecule has 146 valence electrons. The summed E-state index contributed by atoms with van der Waals surface area (Å²) in [6.45, 7) is 6.89. The summed E-state index contributed by atoms with van der Waals surface area (Å²) >= 11 is 5.31. The van der Waals surface area contributed by atoms with Crippen molar-refractivity contribution in [3.8, 4) is 5.75 Å². The molecule has 0 spiro atoms. The van der Waals surface area contributed by atoms with E-state index >= 15 is 0 Å². The zero-order chi connectivity index (χ0) is 19.2. The molecule has 2 saturated heterocycles. The SMILES string of the molecule is CCCCN1C(=O)/C(=C\c2ccc(OC)c(CN3CCOCC3)c2)NC1=S.